The molecule has 0 saturated heterocycles. The van der Waals surface area contributed by atoms with Gasteiger partial charge in [-0.3, -0.25) is 11.3 Å². The summed E-state index contributed by atoms with van der Waals surface area (Å²) in [6, 6.07) is -0.233. The first-order chi connectivity index (χ1) is 8.01. The molecule has 0 aromatic heterocycles. The highest BCUT2D eigenvalue weighted by atomic mass is 32.2. The zero-order valence-corrected chi connectivity index (χ0v) is 10.7. The molecular formula is C11H21F3N2S. The molecule has 1 aliphatic carbocycles. The van der Waals surface area contributed by atoms with Crippen molar-refractivity contribution in [3.05, 3.63) is 0 Å². The van der Waals surface area contributed by atoms with Gasteiger partial charge in [-0.1, -0.05) is 19.3 Å². The number of nitrogens with one attached hydrogen (secondary N) is 1. The molecule has 0 radical (unpaired) electrons. The molecular weight excluding hydrogens is 249 g/mol. The molecule has 0 aliphatic heterocycles. The average molecular weight is 270 g/mol. The van der Waals surface area contributed by atoms with E-state index in [2.05, 4.69) is 5.43 Å². The Morgan fingerprint density at radius 1 is 1.24 bits per heavy atom. The fraction of sp³-hybridized carbons (Fsp3) is 1.00. The van der Waals surface area contributed by atoms with Gasteiger partial charge in [-0.2, -0.15) is 24.9 Å². The number of nitrogens with two attached hydrogens (primary N) is 1. The van der Waals surface area contributed by atoms with Crippen LogP contribution in [0, 0.1) is 0 Å². The second-order valence-electron chi connectivity index (χ2n) is 4.61. The number of halogens is 3. The predicted molar refractivity (Wildman–Crippen MR) is 65.7 cm³/mol. The molecule has 102 valence electrons. The minimum Gasteiger partial charge on any atom is -0.271 e. The normalized spacial score (nSPS) is 20.5. The van der Waals surface area contributed by atoms with Crippen LogP contribution < -0.4 is 11.3 Å². The van der Waals surface area contributed by atoms with Crippen LogP contribution in [0.3, 0.4) is 0 Å². The molecule has 1 unspecified atom stereocenters. The summed E-state index contributed by atoms with van der Waals surface area (Å²) in [6.45, 7) is 0. The highest BCUT2D eigenvalue weighted by Gasteiger charge is 2.28. The van der Waals surface area contributed by atoms with Crippen molar-refractivity contribution in [1.82, 2.24) is 5.43 Å². The molecule has 0 bridgehead atoms. The zero-order valence-electron chi connectivity index (χ0n) is 9.93. The Kier molecular flexibility index (Phi) is 6.66. The van der Waals surface area contributed by atoms with E-state index in [1.165, 1.54) is 32.1 Å². The van der Waals surface area contributed by atoms with Crippen LogP contribution in [0.1, 0.15) is 44.9 Å². The summed E-state index contributed by atoms with van der Waals surface area (Å²) in [5.74, 6) is 5.96. The molecule has 1 atom stereocenters. The van der Waals surface area contributed by atoms with Gasteiger partial charge in [0.2, 0.25) is 0 Å². The monoisotopic (exact) mass is 270 g/mol. The maximum Gasteiger partial charge on any atom is 0.389 e. The minimum absolute atomic E-state index is 0.0692. The van der Waals surface area contributed by atoms with Crippen molar-refractivity contribution in [3.8, 4) is 0 Å². The third-order valence-corrected chi connectivity index (χ3v) is 4.63. The molecule has 2 nitrogen and oxygen atoms in total. The van der Waals surface area contributed by atoms with Gasteiger partial charge in [0.15, 0.2) is 0 Å². The molecule has 1 fully saturated rings. The summed E-state index contributed by atoms with van der Waals surface area (Å²) in [7, 11) is 0. The van der Waals surface area contributed by atoms with E-state index in [9.17, 15) is 13.2 Å². The van der Waals surface area contributed by atoms with Gasteiger partial charge in [-0.05, 0) is 19.3 Å². The first-order valence-electron chi connectivity index (χ1n) is 6.16. The topological polar surface area (TPSA) is 38.0 Å². The second kappa shape index (κ2) is 7.48. The standard InChI is InChI=1S/C11H21F3N2S/c12-11(13,14)7-6-9(16-15)8-17-10-4-2-1-3-5-10/h9-10,16H,1-8,15H2. The number of rotatable bonds is 6. The predicted octanol–water partition coefficient (Wildman–Crippen LogP) is 3.23. The molecule has 0 aromatic carbocycles. The summed E-state index contributed by atoms with van der Waals surface area (Å²) in [5, 5.41) is 0.616. The van der Waals surface area contributed by atoms with E-state index in [1.54, 1.807) is 11.8 Å². The van der Waals surface area contributed by atoms with Crippen LogP contribution in [-0.4, -0.2) is 23.2 Å². The SMILES string of the molecule is NNC(CCC(F)(F)F)CSC1CCCCC1. The van der Waals surface area contributed by atoms with E-state index in [0.717, 1.165) is 0 Å². The van der Waals surface area contributed by atoms with Gasteiger partial charge in [-0.25, -0.2) is 0 Å². The van der Waals surface area contributed by atoms with Crippen LogP contribution in [0.5, 0.6) is 0 Å². The van der Waals surface area contributed by atoms with Crippen molar-refractivity contribution in [2.24, 2.45) is 5.84 Å². The largest absolute Gasteiger partial charge is 0.389 e. The lowest BCUT2D eigenvalue weighted by atomic mass is 10.0. The van der Waals surface area contributed by atoms with E-state index in [0.29, 0.717) is 11.0 Å². The van der Waals surface area contributed by atoms with Crippen LogP contribution in [0.4, 0.5) is 13.2 Å². The summed E-state index contributed by atoms with van der Waals surface area (Å²) < 4.78 is 36.2. The Morgan fingerprint density at radius 3 is 2.41 bits per heavy atom. The summed E-state index contributed by atoms with van der Waals surface area (Å²) in [4.78, 5) is 0. The molecule has 17 heavy (non-hydrogen) atoms. The fourth-order valence-electron chi connectivity index (χ4n) is 2.04. The molecule has 1 aliphatic rings. The Morgan fingerprint density at radius 2 is 1.88 bits per heavy atom. The zero-order chi connectivity index (χ0) is 12.7. The lowest BCUT2D eigenvalue weighted by Crippen LogP contribution is -2.38. The van der Waals surface area contributed by atoms with Crippen LogP contribution in [-0.2, 0) is 0 Å². The van der Waals surface area contributed by atoms with Gasteiger partial charge in [0.1, 0.15) is 0 Å². The van der Waals surface area contributed by atoms with Crippen molar-refractivity contribution >= 4 is 11.8 Å². The number of alkyl halides is 3. The number of hydrogen-bond acceptors (Lipinski definition) is 3. The Hall–Kier alpha value is 0.0600. The van der Waals surface area contributed by atoms with Crippen molar-refractivity contribution in [1.29, 1.82) is 0 Å². The summed E-state index contributed by atoms with van der Waals surface area (Å²) in [6.07, 6.45) is 1.42. The quantitative estimate of drug-likeness (QED) is 0.575. The minimum atomic E-state index is -4.08. The van der Waals surface area contributed by atoms with E-state index < -0.39 is 12.6 Å². The molecule has 0 amide bonds. The number of hydrogen-bond donors (Lipinski definition) is 2. The average Bonchev–Trinajstić information content (AvgIpc) is 2.29. The van der Waals surface area contributed by atoms with Gasteiger partial charge < -0.3 is 0 Å². The first-order valence-corrected chi connectivity index (χ1v) is 7.20. The van der Waals surface area contributed by atoms with Gasteiger partial charge in [0.05, 0.1) is 0 Å². The Bertz CT molecular complexity index is 205. The lowest BCUT2D eigenvalue weighted by molar-refractivity contribution is -0.136. The molecule has 0 spiro atoms. The Labute approximate surface area is 105 Å². The third-order valence-electron chi connectivity index (χ3n) is 3.10. The van der Waals surface area contributed by atoms with Gasteiger partial charge in [0.25, 0.3) is 0 Å². The smallest absolute Gasteiger partial charge is 0.271 e. The van der Waals surface area contributed by atoms with Crippen molar-refractivity contribution in [2.75, 3.05) is 5.75 Å². The van der Waals surface area contributed by atoms with Crippen molar-refractivity contribution in [3.63, 3.8) is 0 Å². The highest BCUT2D eigenvalue weighted by Crippen LogP contribution is 2.29. The molecule has 3 N–H and O–H groups in total. The molecule has 6 heteroatoms. The maximum atomic E-state index is 12.1. The van der Waals surface area contributed by atoms with Crippen LogP contribution >= 0.6 is 11.8 Å². The van der Waals surface area contributed by atoms with Crippen LogP contribution in [0.15, 0.2) is 0 Å². The molecule has 1 saturated carbocycles. The molecule has 0 heterocycles. The highest BCUT2D eigenvalue weighted by molar-refractivity contribution is 7.99. The van der Waals surface area contributed by atoms with E-state index in [-0.39, 0.29) is 12.5 Å². The molecule has 0 aromatic rings. The van der Waals surface area contributed by atoms with E-state index >= 15 is 0 Å². The lowest BCUT2D eigenvalue weighted by Gasteiger charge is -2.24. The Balaban J connectivity index is 2.17. The van der Waals surface area contributed by atoms with Gasteiger partial charge in [-0.15, -0.1) is 0 Å². The maximum absolute atomic E-state index is 12.1. The summed E-state index contributed by atoms with van der Waals surface area (Å²) in [5.41, 5.74) is 2.49. The second-order valence-corrected chi connectivity index (χ2v) is 5.94. The van der Waals surface area contributed by atoms with Gasteiger partial charge in [0, 0.05) is 23.5 Å². The van der Waals surface area contributed by atoms with Crippen molar-refractivity contribution in [2.45, 2.75) is 62.4 Å². The number of thioether (sulfide) groups is 1. The number of hydrazine groups is 1. The van der Waals surface area contributed by atoms with E-state index in [4.69, 9.17) is 5.84 Å². The van der Waals surface area contributed by atoms with E-state index in [1.807, 2.05) is 0 Å². The van der Waals surface area contributed by atoms with Crippen LogP contribution in [0.25, 0.3) is 0 Å². The summed E-state index contributed by atoms with van der Waals surface area (Å²) >= 11 is 1.77. The van der Waals surface area contributed by atoms with Crippen molar-refractivity contribution < 1.29 is 13.2 Å². The van der Waals surface area contributed by atoms with Crippen LogP contribution in [0.2, 0.25) is 0 Å². The van der Waals surface area contributed by atoms with Gasteiger partial charge >= 0.3 is 6.18 Å². The fourth-order valence-corrected chi connectivity index (χ4v) is 3.47. The third kappa shape index (κ3) is 7.16. The first kappa shape index (κ1) is 15.1. The molecule has 1 rings (SSSR count).